The second-order valence-corrected chi connectivity index (χ2v) is 3.32. The van der Waals surface area contributed by atoms with Crippen LogP contribution in [0.3, 0.4) is 0 Å². The van der Waals surface area contributed by atoms with Crippen LogP contribution in [0.1, 0.15) is 13.3 Å². The highest BCUT2D eigenvalue weighted by atomic mass is 15.1. The average molecular weight is 189 g/mol. The van der Waals surface area contributed by atoms with E-state index in [1.54, 1.807) is 12.4 Å². The number of hydrogen-bond donors (Lipinski definition) is 0. The number of hydrogen-bond acceptors (Lipinski definition) is 3. The quantitative estimate of drug-likeness (QED) is 0.728. The van der Waals surface area contributed by atoms with Gasteiger partial charge in [0.25, 0.3) is 0 Å². The third kappa shape index (κ3) is 2.74. The highest BCUT2D eigenvalue weighted by Crippen LogP contribution is 2.12. The van der Waals surface area contributed by atoms with Gasteiger partial charge in [-0.1, -0.05) is 6.92 Å². The lowest BCUT2D eigenvalue weighted by Gasteiger charge is -2.21. The lowest BCUT2D eigenvalue weighted by Crippen LogP contribution is -2.24. The largest absolute Gasteiger partial charge is 0.373 e. The molecular formula is C11H15N3. The van der Waals surface area contributed by atoms with Crippen LogP contribution in [0.2, 0.25) is 0 Å². The molecule has 3 heteroatoms. The predicted molar refractivity (Wildman–Crippen MR) is 56.9 cm³/mol. The fourth-order valence-electron chi connectivity index (χ4n) is 1.30. The maximum absolute atomic E-state index is 8.83. The fourth-order valence-corrected chi connectivity index (χ4v) is 1.30. The van der Waals surface area contributed by atoms with Crippen molar-refractivity contribution in [3.05, 3.63) is 24.5 Å². The minimum absolute atomic E-state index is 0.105. The minimum atomic E-state index is 0.105. The van der Waals surface area contributed by atoms with Crippen LogP contribution in [0.25, 0.3) is 0 Å². The molecule has 0 amide bonds. The van der Waals surface area contributed by atoms with E-state index < -0.39 is 0 Å². The van der Waals surface area contributed by atoms with Gasteiger partial charge in [-0.3, -0.25) is 4.98 Å². The Bertz CT molecular complexity index is 302. The van der Waals surface area contributed by atoms with Crippen LogP contribution in [-0.2, 0) is 0 Å². The summed E-state index contributed by atoms with van der Waals surface area (Å²) in [5, 5.41) is 8.83. The molecule has 1 aromatic heterocycles. The standard InChI is InChI=1S/C11H15N3/c1-3-10(8-12)9-14(2)11-4-6-13-7-5-11/h4-7,10H,3,9H2,1-2H3. The molecule has 0 saturated carbocycles. The zero-order chi connectivity index (χ0) is 10.4. The summed E-state index contributed by atoms with van der Waals surface area (Å²) in [6.45, 7) is 2.81. The monoisotopic (exact) mass is 189 g/mol. The molecule has 0 fully saturated rings. The molecule has 74 valence electrons. The molecule has 1 aromatic rings. The first kappa shape index (κ1) is 10.5. The van der Waals surface area contributed by atoms with E-state index in [9.17, 15) is 0 Å². The molecular weight excluding hydrogens is 174 g/mol. The summed E-state index contributed by atoms with van der Waals surface area (Å²) in [5.74, 6) is 0.105. The summed E-state index contributed by atoms with van der Waals surface area (Å²) in [7, 11) is 2.00. The predicted octanol–water partition coefficient (Wildman–Crippen LogP) is 2.07. The second kappa shape index (κ2) is 5.23. The Balaban J connectivity index is 2.59. The van der Waals surface area contributed by atoms with Crippen LogP contribution >= 0.6 is 0 Å². The SMILES string of the molecule is CCC(C#N)CN(C)c1ccncc1. The van der Waals surface area contributed by atoms with E-state index in [2.05, 4.69) is 16.0 Å². The van der Waals surface area contributed by atoms with Crippen molar-refractivity contribution in [2.75, 3.05) is 18.5 Å². The van der Waals surface area contributed by atoms with E-state index >= 15 is 0 Å². The maximum Gasteiger partial charge on any atom is 0.0674 e. The molecule has 0 aliphatic heterocycles. The summed E-state index contributed by atoms with van der Waals surface area (Å²) >= 11 is 0. The minimum Gasteiger partial charge on any atom is -0.373 e. The molecule has 0 spiro atoms. The van der Waals surface area contributed by atoms with Crippen molar-refractivity contribution < 1.29 is 0 Å². The summed E-state index contributed by atoms with van der Waals surface area (Å²) in [4.78, 5) is 6.04. The van der Waals surface area contributed by atoms with Gasteiger partial charge in [-0.05, 0) is 18.6 Å². The average Bonchev–Trinajstić information content (AvgIpc) is 2.26. The molecule has 1 heterocycles. The van der Waals surface area contributed by atoms with Crippen LogP contribution in [0.5, 0.6) is 0 Å². The zero-order valence-electron chi connectivity index (χ0n) is 8.64. The number of nitriles is 1. The van der Waals surface area contributed by atoms with Crippen molar-refractivity contribution in [1.82, 2.24) is 4.98 Å². The van der Waals surface area contributed by atoms with Crippen LogP contribution < -0.4 is 4.90 Å². The molecule has 3 nitrogen and oxygen atoms in total. The number of pyridine rings is 1. The van der Waals surface area contributed by atoms with Gasteiger partial charge in [0.2, 0.25) is 0 Å². The van der Waals surface area contributed by atoms with Crippen LogP contribution in [-0.4, -0.2) is 18.6 Å². The first-order valence-electron chi connectivity index (χ1n) is 4.78. The zero-order valence-corrected chi connectivity index (χ0v) is 8.64. The fraction of sp³-hybridized carbons (Fsp3) is 0.455. The van der Waals surface area contributed by atoms with Crippen LogP contribution in [0, 0.1) is 17.2 Å². The Kier molecular flexibility index (Phi) is 3.93. The van der Waals surface area contributed by atoms with Gasteiger partial charge in [-0.15, -0.1) is 0 Å². The molecule has 0 saturated heterocycles. The Morgan fingerprint density at radius 2 is 2.14 bits per heavy atom. The Morgan fingerprint density at radius 1 is 1.50 bits per heavy atom. The van der Waals surface area contributed by atoms with E-state index in [4.69, 9.17) is 5.26 Å². The Labute approximate surface area is 85.0 Å². The molecule has 0 aliphatic carbocycles. The van der Waals surface area contributed by atoms with E-state index in [0.29, 0.717) is 0 Å². The highest BCUT2D eigenvalue weighted by molar-refractivity contribution is 5.43. The van der Waals surface area contributed by atoms with Gasteiger partial charge in [-0.2, -0.15) is 5.26 Å². The van der Waals surface area contributed by atoms with Gasteiger partial charge >= 0.3 is 0 Å². The van der Waals surface area contributed by atoms with Gasteiger partial charge < -0.3 is 4.90 Å². The van der Waals surface area contributed by atoms with Crippen molar-refractivity contribution in [1.29, 1.82) is 5.26 Å². The number of aromatic nitrogens is 1. The number of nitrogens with zero attached hydrogens (tertiary/aromatic N) is 3. The summed E-state index contributed by atoms with van der Waals surface area (Å²) in [5.41, 5.74) is 1.11. The number of anilines is 1. The summed E-state index contributed by atoms with van der Waals surface area (Å²) in [6, 6.07) is 6.19. The number of rotatable bonds is 4. The molecule has 0 N–H and O–H groups in total. The second-order valence-electron chi connectivity index (χ2n) is 3.32. The normalized spacial score (nSPS) is 11.8. The van der Waals surface area contributed by atoms with Crippen molar-refractivity contribution >= 4 is 5.69 Å². The van der Waals surface area contributed by atoms with Crippen molar-refractivity contribution in [3.63, 3.8) is 0 Å². The smallest absolute Gasteiger partial charge is 0.0674 e. The molecule has 1 rings (SSSR count). The first-order chi connectivity index (χ1) is 6.77. The van der Waals surface area contributed by atoms with Gasteiger partial charge in [0.15, 0.2) is 0 Å². The highest BCUT2D eigenvalue weighted by Gasteiger charge is 2.08. The van der Waals surface area contributed by atoms with E-state index in [0.717, 1.165) is 18.7 Å². The summed E-state index contributed by atoms with van der Waals surface area (Å²) in [6.07, 6.45) is 4.42. The van der Waals surface area contributed by atoms with E-state index in [-0.39, 0.29) is 5.92 Å². The molecule has 1 unspecified atom stereocenters. The van der Waals surface area contributed by atoms with Gasteiger partial charge in [0.05, 0.1) is 12.0 Å². The Hall–Kier alpha value is -1.56. The van der Waals surface area contributed by atoms with Crippen molar-refractivity contribution in [2.45, 2.75) is 13.3 Å². The molecule has 1 atom stereocenters. The maximum atomic E-state index is 8.83. The van der Waals surface area contributed by atoms with E-state index in [1.165, 1.54) is 0 Å². The van der Waals surface area contributed by atoms with Crippen LogP contribution in [0.15, 0.2) is 24.5 Å². The molecule has 0 radical (unpaired) electrons. The Morgan fingerprint density at radius 3 is 2.64 bits per heavy atom. The first-order valence-corrected chi connectivity index (χ1v) is 4.78. The summed E-state index contributed by atoms with van der Waals surface area (Å²) < 4.78 is 0. The molecule has 0 bridgehead atoms. The van der Waals surface area contributed by atoms with Crippen LogP contribution in [0.4, 0.5) is 5.69 Å². The van der Waals surface area contributed by atoms with Crippen molar-refractivity contribution in [2.24, 2.45) is 5.92 Å². The molecule has 14 heavy (non-hydrogen) atoms. The molecule has 0 aliphatic rings. The van der Waals surface area contributed by atoms with Gasteiger partial charge in [0.1, 0.15) is 0 Å². The topological polar surface area (TPSA) is 39.9 Å². The van der Waals surface area contributed by atoms with E-state index in [1.807, 2.05) is 26.1 Å². The van der Waals surface area contributed by atoms with Crippen molar-refractivity contribution in [3.8, 4) is 6.07 Å². The van der Waals surface area contributed by atoms with Gasteiger partial charge in [-0.25, -0.2) is 0 Å². The van der Waals surface area contributed by atoms with Gasteiger partial charge in [0, 0.05) is 31.7 Å². The lowest BCUT2D eigenvalue weighted by molar-refractivity contribution is 0.631. The third-order valence-corrected chi connectivity index (χ3v) is 2.27. The lowest BCUT2D eigenvalue weighted by atomic mass is 10.1. The third-order valence-electron chi connectivity index (χ3n) is 2.27. The molecule has 0 aromatic carbocycles.